The Bertz CT molecular complexity index is 752. The predicted molar refractivity (Wildman–Crippen MR) is 115 cm³/mol. The van der Waals surface area contributed by atoms with E-state index in [2.05, 4.69) is 26.1 Å². The number of morpholine rings is 1. The number of hydrogen-bond donors (Lipinski definition) is 1. The van der Waals surface area contributed by atoms with E-state index in [0.717, 1.165) is 66.5 Å². The first-order valence-corrected chi connectivity index (χ1v) is 10.6. The zero-order valence-corrected chi connectivity index (χ0v) is 18.4. The molecular weight excluding hydrogens is 444 g/mol. The van der Waals surface area contributed by atoms with E-state index in [9.17, 15) is 0 Å². The summed E-state index contributed by atoms with van der Waals surface area (Å²) in [7, 11) is 1.66. The zero-order chi connectivity index (χ0) is 19.8. The number of nitrogens with zero attached hydrogens (tertiary/aromatic N) is 1. The molecule has 2 aromatic carbocycles. The summed E-state index contributed by atoms with van der Waals surface area (Å²) in [4.78, 5) is 2.41. The molecule has 0 amide bonds. The Labute approximate surface area is 180 Å². The normalized spacial score (nSPS) is 14.8. The van der Waals surface area contributed by atoms with Crippen LogP contribution in [0.1, 0.15) is 11.1 Å². The topological polar surface area (TPSA) is 43.0 Å². The van der Waals surface area contributed by atoms with Gasteiger partial charge in [-0.15, -0.1) is 0 Å². The first-order chi connectivity index (χ1) is 13.7. The maximum Gasteiger partial charge on any atom is 0.167 e. The molecule has 0 bridgehead atoms. The summed E-state index contributed by atoms with van der Waals surface area (Å²) in [5.74, 6) is 1.48. The van der Waals surface area contributed by atoms with Gasteiger partial charge in [0.1, 0.15) is 6.61 Å². The molecule has 1 heterocycles. The van der Waals surface area contributed by atoms with Crippen LogP contribution in [0.2, 0.25) is 5.02 Å². The monoisotopic (exact) mass is 468 g/mol. The van der Waals surface area contributed by atoms with E-state index in [1.54, 1.807) is 7.11 Å². The first kappa shape index (κ1) is 21.4. The van der Waals surface area contributed by atoms with Gasteiger partial charge in [0.2, 0.25) is 0 Å². The molecule has 0 spiro atoms. The number of rotatable bonds is 9. The van der Waals surface area contributed by atoms with Crippen LogP contribution in [-0.4, -0.2) is 51.4 Å². The Morgan fingerprint density at radius 2 is 1.89 bits per heavy atom. The number of methoxy groups -OCH3 is 1. The summed E-state index contributed by atoms with van der Waals surface area (Å²) >= 11 is 9.62. The van der Waals surface area contributed by atoms with Gasteiger partial charge < -0.3 is 19.5 Å². The van der Waals surface area contributed by atoms with Crippen molar-refractivity contribution in [3.05, 3.63) is 57.0 Å². The lowest BCUT2D eigenvalue weighted by atomic mass is 10.1. The maximum atomic E-state index is 6.15. The van der Waals surface area contributed by atoms with E-state index in [0.29, 0.717) is 18.2 Å². The maximum absolute atomic E-state index is 6.15. The Balaban J connectivity index is 1.62. The van der Waals surface area contributed by atoms with Gasteiger partial charge in [0, 0.05) is 47.8 Å². The van der Waals surface area contributed by atoms with Crippen molar-refractivity contribution < 1.29 is 14.2 Å². The lowest BCUT2D eigenvalue weighted by molar-refractivity contribution is 0.0384. The average molecular weight is 470 g/mol. The van der Waals surface area contributed by atoms with Crippen LogP contribution < -0.4 is 14.8 Å². The van der Waals surface area contributed by atoms with Gasteiger partial charge in [0.05, 0.1) is 20.3 Å². The van der Waals surface area contributed by atoms with Crippen molar-refractivity contribution >= 4 is 27.5 Å². The summed E-state index contributed by atoms with van der Waals surface area (Å²) in [6.45, 7) is 6.70. The Morgan fingerprint density at radius 3 is 2.61 bits per heavy atom. The Hall–Kier alpha value is -1.31. The third kappa shape index (κ3) is 6.09. The van der Waals surface area contributed by atoms with Gasteiger partial charge in [-0.25, -0.2) is 0 Å². The molecule has 1 saturated heterocycles. The van der Waals surface area contributed by atoms with Crippen molar-refractivity contribution in [2.75, 3.05) is 46.5 Å². The van der Waals surface area contributed by atoms with Crippen molar-refractivity contribution in [1.82, 2.24) is 10.2 Å². The van der Waals surface area contributed by atoms with Gasteiger partial charge in [0.25, 0.3) is 0 Å². The average Bonchev–Trinajstić information content (AvgIpc) is 2.73. The smallest absolute Gasteiger partial charge is 0.167 e. The second kappa shape index (κ2) is 11.0. The molecule has 152 valence electrons. The van der Waals surface area contributed by atoms with Gasteiger partial charge in [-0.3, -0.25) is 4.90 Å². The summed E-state index contributed by atoms with van der Waals surface area (Å²) in [6, 6.07) is 11.6. The second-order valence-electron chi connectivity index (χ2n) is 6.60. The number of benzene rings is 2. The molecule has 0 aliphatic carbocycles. The molecule has 0 saturated carbocycles. The van der Waals surface area contributed by atoms with Gasteiger partial charge >= 0.3 is 0 Å². The van der Waals surface area contributed by atoms with E-state index in [4.69, 9.17) is 25.8 Å². The summed E-state index contributed by atoms with van der Waals surface area (Å²) < 4.78 is 18.1. The van der Waals surface area contributed by atoms with Gasteiger partial charge in [-0.05, 0) is 29.8 Å². The van der Waals surface area contributed by atoms with E-state index in [1.807, 2.05) is 36.4 Å². The van der Waals surface area contributed by atoms with Gasteiger partial charge in [-0.1, -0.05) is 39.7 Å². The molecular formula is C21H26BrClN2O3. The fourth-order valence-corrected chi connectivity index (χ4v) is 3.66. The molecule has 0 aromatic heterocycles. The van der Waals surface area contributed by atoms with Gasteiger partial charge in [0.15, 0.2) is 11.5 Å². The van der Waals surface area contributed by atoms with Gasteiger partial charge in [-0.2, -0.15) is 0 Å². The van der Waals surface area contributed by atoms with Crippen molar-refractivity contribution in [3.8, 4) is 11.5 Å². The SMILES string of the molecule is COc1ccc(Br)c(CNCCN2CCOCC2)c1OCc1ccc(Cl)cc1. The molecule has 2 aromatic rings. The zero-order valence-electron chi connectivity index (χ0n) is 16.0. The third-order valence-electron chi connectivity index (χ3n) is 4.69. The highest BCUT2D eigenvalue weighted by Gasteiger charge is 2.15. The van der Waals surface area contributed by atoms with Crippen LogP contribution in [-0.2, 0) is 17.9 Å². The minimum atomic E-state index is 0.449. The van der Waals surface area contributed by atoms with Crippen molar-refractivity contribution in [2.24, 2.45) is 0 Å². The quantitative estimate of drug-likeness (QED) is 0.560. The molecule has 1 fully saturated rings. The van der Waals surface area contributed by atoms with E-state index in [-0.39, 0.29) is 0 Å². The summed E-state index contributed by atoms with van der Waals surface area (Å²) in [5.41, 5.74) is 2.10. The number of ether oxygens (including phenoxy) is 3. The Kier molecular flexibility index (Phi) is 8.43. The van der Waals surface area contributed by atoms with Crippen molar-refractivity contribution in [1.29, 1.82) is 0 Å². The largest absolute Gasteiger partial charge is 0.493 e. The fraction of sp³-hybridized carbons (Fsp3) is 0.429. The number of hydrogen-bond acceptors (Lipinski definition) is 5. The molecule has 0 atom stereocenters. The highest BCUT2D eigenvalue weighted by Crippen LogP contribution is 2.36. The fourth-order valence-electron chi connectivity index (χ4n) is 3.08. The van der Waals surface area contributed by atoms with Crippen LogP contribution in [0.15, 0.2) is 40.9 Å². The van der Waals surface area contributed by atoms with Crippen molar-refractivity contribution in [2.45, 2.75) is 13.2 Å². The van der Waals surface area contributed by atoms with Crippen LogP contribution in [0.3, 0.4) is 0 Å². The molecule has 28 heavy (non-hydrogen) atoms. The van der Waals surface area contributed by atoms with Crippen LogP contribution in [0.25, 0.3) is 0 Å². The molecule has 5 nitrogen and oxygen atoms in total. The van der Waals surface area contributed by atoms with E-state index < -0.39 is 0 Å². The lowest BCUT2D eigenvalue weighted by Crippen LogP contribution is -2.40. The van der Waals surface area contributed by atoms with E-state index >= 15 is 0 Å². The van der Waals surface area contributed by atoms with E-state index in [1.165, 1.54) is 0 Å². The van der Waals surface area contributed by atoms with Crippen LogP contribution >= 0.6 is 27.5 Å². The summed E-state index contributed by atoms with van der Waals surface area (Å²) in [6.07, 6.45) is 0. The lowest BCUT2D eigenvalue weighted by Gasteiger charge is -2.26. The molecule has 7 heteroatoms. The molecule has 3 rings (SSSR count). The van der Waals surface area contributed by atoms with Crippen LogP contribution in [0, 0.1) is 0 Å². The Morgan fingerprint density at radius 1 is 1.14 bits per heavy atom. The number of halogens is 2. The highest BCUT2D eigenvalue weighted by atomic mass is 79.9. The molecule has 0 radical (unpaired) electrons. The van der Waals surface area contributed by atoms with Crippen LogP contribution in [0.4, 0.5) is 0 Å². The van der Waals surface area contributed by atoms with Crippen molar-refractivity contribution in [3.63, 3.8) is 0 Å². The second-order valence-corrected chi connectivity index (χ2v) is 7.89. The molecule has 1 aliphatic rings. The first-order valence-electron chi connectivity index (χ1n) is 9.41. The highest BCUT2D eigenvalue weighted by molar-refractivity contribution is 9.10. The van der Waals surface area contributed by atoms with Crippen LogP contribution in [0.5, 0.6) is 11.5 Å². The minimum absolute atomic E-state index is 0.449. The molecule has 1 aliphatic heterocycles. The molecule has 0 unspecified atom stereocenters. The summed E-state index contributed by atoms with van der Waals surface area (Å²) in [5, 5.41) is 4.24. The standard InChI is InChI=1S/C21H26BrClN2O3/c1-26-20-7-6-19(22)18(14-24-8-9-25-10-12-27-13-11-25)21(20)28-15-16-2-4-17(23)5-3-16/h2-7,24H,8-15H2,1H3. The third-order valence-corrected chi connectivity index (χ3v) is 5.69. The molecule has 1 N–H and O–H groups in total. The predicted octanol–water partition coefficient (Wildman–Crippen LogP) is 4.11. The number of nitrogens with one attached hydrogen (secondary N) is 1. The minimum Gasteiger partial charge on any atom is -0.493 e.